The second-order valence-corrected chi connectivity index (χ2v) is 6.27. The van der Waals surface area contributed by atoms with E-state index in [2.05, 4.69) is 5.16 Å². The van der Waals surface area contributed by atoms with Gasteiger partial charge >= 0.3 is 0 Å². The molecule has 126 valence electrons. The Bertz CT molecular complexity index is 757. The Balaban J connectivity index is 1.72. The molecule has 0 aliphatic carbocycles. The fourth-order valence-corrected chi connectivity index (χ4v) is 3.35. The summed E-state index contributed by atoms with van der Waals surface area (Å²) < 4.78 is 10.6. The first-order valence-electron chi connectivity index (χ1n) is 7.50. The highest BCUT2D eigenvalue weighted by molar-refractivity contribution is 6.40. The molecule has 24 heavy (non-hydrogen) atoms. The summed E-state index contributed by atoms with van der Waals surface area (Å²) >= 11 is 12.5. The van der Waals surface area contributed by atoms with Gasteiger partial charge in [-0.2, -0.15) is 0 Å². The number of rotatable bonds is 5. The Hall–Kier alpha value is -1.91. The average molecular weight is 366 g/mol. The first-order valence-corrected chi connectivity index (χ1v) is 8.26. The van der Waals surface area contributed by atoms with Crippen molar-refractivity contribution in [1.82, 2.24) is 0 Å². The minimum Gasteiger partial charge on any atom is -0.493 e. The minimum absolute atomic E-state index is 0.0644. The van der Waals surface area contributed by atoms with Crippen LogP contribution in [-0.2, 0) is 11.3 Å². The fourth-order valence-electron chi connectivity index (χ4n) is 2.73. The van der Waals surface area contributed by atoms with Gasteiger partial charge in [-0.3, -0.25) is 0 Å². The number of hydrogen-bond donors (Lipinski definition) is 0. The molecule has 0 unspecified atom stereocenters. The largest absolute Gasteiger partial charge is 0.493 e. The Morgan fingerprint density at radius 2 is 1.79 bits per heavy atom. The third-order valence-electron chi connectivity index (χ3n) is 3.90. The Kier molecular flexibility index (Phi) is 5.17. The van der Waals surface area contributed by atoms with Gasteiger partial charge in [-0.15, -0.1) is 0 Å². The first-order chi connectivity index (χ1) is 11.6. The fraction of sp³-hybridized carbons (Fsp3) is 0.278. The molecule has 0 spiro atoms. The van der Waals surface area contributed by atoms with Crippen molar-refractivity contribution in [1.29, 1.82) is 0 Å². The summed E-state index contributed by atoms with van der Waals surface area (Å²) in [6, 6.07) is 11.2. The minimum atomic E-state index is -0.0644. The van der Waals surface area contributed by atoms with E-state index in [1.165, 1.54) is 0 Å². The molecule has 3 rings (SSSR count). The van der Waals surface area contributed by atoms with Gasteiger partial charge in [0.05, 0.1) is 30.0 Å². The van der Waals surface area contributed by atoms with Crippen LogP contribution in [0.1, 0.15) is 17.5 Å². The van der Waals surface area contributed by atoms with Crippen molar-refractivity contribution in [2.45, 2.75) is 18.9 Å². The van der Waals surface area contributed by atoms with Crippen LogP contribution in [-0.4, -0.2) is 26.0 Å². The highest BCUT2D eigenvalue weighted by Crippen LogP contribution is 2.32. The van der Waals surface area contributed by atoms with Crippen molar-refractivity contribution in [3.63, 3.8) is 0 Å². The van der Waals surface area contributed by atoms with Gasteiger partial charge in [-0.05, 0) is 29.8 Å². The molecular weight excluding hydrogens is 349 g/mol. The van der Waals surface area contributed by atoms with Gasteiger partial charge in [0, 0.05) is 18.4 Å². The maximum atomic E-state index is 6.24. The van der Waals surface area contributed by atoms with Crippen LogP contribution in [0.25, 0.3) is 0 Å². The third kappa shape index (κ3) is 3.45. The van der Waals surface area contributed by atoms with Crippen molar-refractivity contribution in [2.75, 3.05) is 14.2 Å². The van der Waals surface area contributed by atoms with Gasteiger partial charge in [0.2, 0.25) is 0 Å². The molecule has 0 bridgehead atoms. The number of hydrogen-bond acceptors (Lipinski definition) is 4. The number of oxime groups is 1. The number of nitrogens with zero attached hydrogens (tertiary/aromatic N) is 1. The molecule has 0 N–H and O–H groups in total. The van der Waals surface area contributed by atoms with E-state index in [0.717, 1.165) is 16.8 Å². The number of methoxy groups -OCH3 is 2. The van der Waals surface area contributed by atoms with E-state index in [-0.39, 0.29) is 6.10 Å². The van der Waals surface area contributed by atoms with Crippen LogP contribution >= 0.6 is 23.2 Å². The summed E-state index contributed by atoms with van der Waals surface area (Å²) in [5.74, 6) is 1.40. The lowest BCUT2D eigenvalue weighted by Gasteiger charge is -2.12. The Morgan fingerprint density at radius 3 is 2.46 bits per heavy atom. The molecule has 2 aromatic rings. The predicted octanol–water partition coefficient (Wildman–Crippen LogP) is 4.75. The van der Waals surface area contributed by atoms with Crippen LogP contribution in [0, 0.1) is 0 Å². The number of ether oxygens (including phenoxy) is 2. The van der Waals surface area contributed by atoms with Crippen LogP contribution in [0.15, 0.2) is 41.6 Å². The summed E-state index contributed by atoms with van der Waals surface area (Å²) in [5.41, 5.74) is 2.60. The molecule has 0 amide bonds. The van der Waals surface area contributed by atoms with Crippen LogP contribution in [0.3, 0.4) is 0 Å². The molecule has 0 fully saturated rings. The highest BCUT2D eigenvalue weighted by Gasteiger charge is 2.25. The molecule has 4 nitrogen and oxygen atoms in total. The molecule has 1 heterocycles. The summed E-state index contributed by atoms with van der Waals surface area (Å²) in [5, 5.41) is 5.33. The summed E-state index contributed by atoms with van der Waals surface area (Å²) in [4.78, 5) is 5.56. The van der Waals surface area contributed by atoms with Gasteiger partial charge in [-0.1, -0.05) is 40.5 Å². The van der Waals surface area contributed by atoms with Crippen molar-refractivity contribution in [3.8, 4) is 11.5 Å². The van der Waals surface area contributed by atoms with Crippen LogP contribution in [0.4, 0.5) is 0 Å². The standard InChI is InChI=1S/C18H17Cl2NO3/c1-22-16-7-6-11(9-17(16)23-2)8-12-10-15(21-24-12)18-13(19)4-3-5-14(18)20/h3-7,9,12H,8,10H2,1-2H3/t12-/m0/s1. The molecule has 1 aliphatic heterocycles. The molecule has 6 heteroatoms. The smallest absolute Gasteiger partial charge is 0.160 e. The van der Waals surface area contributed by atoms with E-state index in [4.69, 9.17) is 37.5 Å². The zero-order valence-electron chi connectivity index (χ0n) is 13.4. The normalized spacial score (nSPS) is 16.5. The average Bonchev–Trinajstić information content (AvgIpc) is 3.02. The molecule has 2 aromatic carbocycles. The second kappa shape index (κ2) is 7.32. The zero-order chi connectivity index (χ0) is 17.1. The van der Waals surface area contributed by atoms with Gasteiger partial charge in [0.1, 0.15) is 6.10 Å². The lowest BCUT2D eigenvalue weighted by atomic mass is 10.00. The molecule has 1 atom stereocenters. The molecule has 0 aromatic heterocycles. The van der Waals surface area contributed by atoms with Gasteiger partial charge in [0.15, 0.2) is 11.5 Å². The van der Waals surface area contributed by atoms with Gasteiger partial charge < -0.3 is 14.3 Å². The maximum Gasteiger partial charge on any atom is 0.160 e. The third-order valence-corrected chi connectivity index (χ3v) is 4.53. The van der Waals surface area contributed by atoms with Crippen LogP contribution in [0.5, 0.6) is 11.5 Å². The van der Waals surface area contributed by atoms with Crippen molar-refractivity contribution >= 4 is 28.9 Å². The Morgan fingerprint density at radius 1 is 1.08 bits per heavy atom. The van der Waals surface area contributed by atoms with Crippen LogP contribution in [0.2, 0.25) is 10.0 Å². The summed E-state index contributed by atoms with van der Waals surface area (Å²) in [7, 11) is 3.24. The molecular formula is C18H17Cl2NO3. The van der Waals surface area contributed by atoms with E-state index in [9.17, 15) is 0 Å². The van der Waals surface area contributed by atoms with Crippen molar-refractivity contribution in [2.24, 2.45) is 5.16 Å². The van der Waals surface area contributed by atoms with E-state index in [1.807, 2.05) is 24.3 Å². The van der Waals surface area contributed by atoms with Crippen molar-refractivity contribution < 1.29 is 14.3 Å². The van der Waals surface area contributed by atoms with Crippen molar-refractivity contribution in [3.05, 3.63) is 57.6 Å². The Labute approximate surface area is 150 Å². The number of benzene rings is 2. The molecule has 0 radical (unpaired) electrons. The monoisotopic (exact) mass is 365 g/mol. The lowest BCUT2D eigenvalue weighted by molar-refractivity contribution is 0.0859. The van der Waals surface area contributed by atoms with E-state index in [0.29, 0.717) is 34.4 Å². The van der Waals surface area contributed by atoms with Gasteiger partial charge in [0.25, 0.3) is 0 Å². The highest BCUT2D eigenvalue weighted by atomic mass is 35.5. The van der Waals surface area contributed by atoms with E-state index < -0.39 is 0 Å². The van der Waals surface area contributed by atoms with Crippen LogP contribution < -0.4 is 9.47 Å². The summed E-state index contributed by atoms with van der Waals surface area (Å²) in [6.45, 7) is 0. The lowest BCUT2D eigenvalue weighted by Crippen LogP contribution is -2.12. The molecule has 1 aliphatic rings. The topological polar surface area (TPSA) is 40.0 Å². The maximum absolute atomic E-state index is 6.24. The predicted molar refractivity (Wildman–Crippen MR) is 95.7 cm³/mol. The SMILES string of the molecule is COc1ccc(C[C@H]2CC(c3c(Cl)cccc3Cl)=NO2)cc1OC. The molecule has 0 saturated heterocycles. The van der Waals surface area contributed by atoms with E-state index >= 15 is 0 Å². The van der Waals surface area contributed by atoms with Gasteiger partial charge in [-0.25, -0.2) is 0 Å². The van der Waals surface area contributed by atoms with E-state index in [1.54, 1.807) is 26.4 Å². The molecule has 0 saturated carbocycles. The first kappa shape index (κ1) is 16.9. The second-order valence-electron chi connectivity index (χ2n) is 5.46. The number of halogens is 2. The summed E-state index contributed by atoms with van der Waals surface area (Å²) in [6.07, 6.45) is 1.29. The zero-order valence-corrected chi connectivity index (χ0v) is 14.9. The quantitative estimate of drug-likeness (QED) is 0.767.